The van der Waals surface area contributed by atoms with Gasteiger partial charge in [-0.05, 0) is 34.5 Å². The lowest BCUT2D eigenvalue weighted by Gasteiger charge is -2.11. The Morgan fingerprint density at radius 1 is 1.50 bits per heavy atom. The largest absolute Gasteiger partial charge is 0.307 e. The summed E-state index contributed by atoms with van der Waals surface area (Å²) in [6.45, 7) is 7.74. The van der Waals surface area contributed by atoms with Crippen LogP contribution in [0.1, 0.15) is 31.8 Å². The molecule has 0 fully saturated rings. The molecular weight excluding hydrogens is 304 g/mol. The first kappa shape index (κ1) is 14.5. The molecule has 1 atom stereocenters. The maximum atomic E-state index is 4.35. The van der Waals surface area contributed by atoms with Crippen molar-refractivity contribution in [3.63, 3.8) is 0 Å². The van der Waals surface area contributed by atoms with Crippen molar-refractivity contribution in [2.24, 2.45) is 5.92 Å². The Morgan fingerprint density at radius 3 is 2.81 bits per heavy atom. The Bertz CT molecular complexity index is 302. The van der Waals surface area contributed by atoms with Crippen LogP contribution >= 0.6 is 39.0 Å². The fourth-order valence-corrected chi connectivity index (χ4v) is 3.39. The molecule has 1 unspecified atom stereocenters. The molecule has 0 saturated heterocycles. The maximum absolute atomic E-state index is 4.35. The van der Waals surface area contributed by atoms with Gasteiger partial charge < -0.3 is 5.32 Å². The predicted molar refractivity (Wildman–Crippen MR) is 78.4 cm³/mol. The normalized spacial score (nSPS) is 13.3. The van der Waals surface area contributed by atoms with Gasteiger partial charge in [0.05, 0.1) is 16.0 Å². The van der Waals surface area contributed by atoms with Crippen LogP contribution in [0.15, 0.2) is 9.98 Å². The summed E-state index contributed by atoms with van der Waals surface area (Å²) in [5.74, 6) is 3.21. The van der Waals surface area contributed by atoms with Crippen molar-refractivity contribution >= 4 is 39.0 Å². The van der Waals surface area contributed by atoms with Gasteiger partial charge in [-0.1, -0.05) is 13.8 Å². The smallest absolute Gasteiger partial charge is 0.110 e. The zero-order chi connectivity index (χ0) is 12.0. The van der Waals surface area contributed by atoms with E-state index in [1.54, 1.807) is 11.3 Å². The van der Waals surface area contributed by atoms with Crippen molar-refractivity contribution in [1.29, 1.82) is 0 Å². The van der Waals surface area contributed by atoms with Gasteiger partial charge in [0.15, 0.2) is 0 Å². The Balaban J connectivity index is 2.13. The van der Waals surface area contributed by atoms with E-state index in [1.807, 2.05) is 18.0 Å². The molecule has 5 heteroatoms. The summed E-state index contributed by atoms with van der Waals surface area (Å²) >= 11 is 7.15. The van der Waals surface area contributed by atoms with Crippen molar-refractivity contribution in [3.8, 4) is 0 Å². The standard InChI is InChI=1S/C11H19BrN2S2/c1-8(2)7-15-5-4-13-9(3)11-14-6-10(12)16-11/h6,8-9,13H,4-5,7H2,1-3H3. The summed E-state index contributed by atoms with van der Waals surface area (Å²) in [6, 6.07) is 0.357. The number of hydrogen-bond acceptors (Lipinski definition) is 4. The molecule has 1 aromatic rings. The Morgan fingerprint density at radius 2 is 2.25 bits per heavy atom. The van der Waals surface area contributed by atoms with Crippen LogP contribution in [-0.4, -0.2) is 23.0 Å². The number of thioether (sulfide) groups is 1. The average molecular weight is 323 g/mol. The van der Waals surface area contributed by atoms with Gasteiger partial charge in [-0.3, -0.25) is 0 Å². The van der Waals surface area contributed by atoms with Gasteiger partial charge in [0.1, 0.15) is 5.01 Å². The number of nitrogens with one attached hydrogen (secondary N) is 1. The summed E-state index contributed by atoms with van der Waals surface area (Å²) in [7, 11) is 0. The Labute approximate surface area is 115 Å². The number of nitrogens with zero attached hydrogens (tertiary/aromatic N) is 1. The van der Waals surface area contributed by atoms with Crippen molar-refractivity contribution in [1.82, 2.24) is 10.3 Å². The summed E-state index contributed by atoms with van der Waals surface area (Å²) < 4.78 is 1.10. The molecule has 0 saturated carbocycles. The zero-order valence-corrected chi connectivity index (χ0v) is 13.2. The lowest BCUT2D eigenvalue weighted by molar-refractivity contribution is 0.597. The first-order chi connectivity index (χ1) is 7.59. The van der Waals surface area contributed by atoms with E-state index in [4.69, 9.17) is 0 Å². The summed E-state index contributed by atoms with van der Waals surface area (Å²) in [5, 5.41) is 4.65. The van der Waals surface area contributed by atoms with E-state index >= 15 is 0 Å². The minimum Gasteiger partial charge on any atom is -0.307 e. The van der Waals surface area contributed by atoms with Crippen molar-refractivity contribution in [3.05, 3.63) is 15.0 Å². The van der Waals surface area contributed by atoms with E-state index in [0.717, 1.165) is 21.3 Å². The van der Waals surface area contributed by atoms with Crippen LogP contribution in [0.2, 0.25) is 0 Å². The molecule has 0 aromatic carbocycles. The topological polar surface area (TPSA) is 24.9 Å². The Kier molecular flexibility index (Phi) is 6.96. The van der Waals surface area contributed by atoms with E-state index in [1.165, 1.54) is 11.5 Å². The van der Waals surface area contributed by atoms with Crippen LogP contribution in [0.25, 0.3) is 0 Å². The SMILES string of the molecule is CC(C)CSCCNC(C)c1ncc(Br)s1. The molecule has 1 N–H and O–H groups in total. The first-order valence-corrected chi connectivity index (χ1v) is 8.28. The minimum atomic E-state index is 0.357. The highest BCUT2D eigenvalue weighted by Gasteiger charge is 2.08. The van der Waals surface area contributed by atoms with Crippen LogP contribution in [0.5, 0.6) is 0 Å². The number of thiazole rings is 1. The third kappa shape index (κ3) is 5.66. The van der Waals surface area contributed by atoms with Crippen LogP contribution in [0.4, 0.5) is 0 Å². The third-order valence-electron chi connectivity index (χ3n) is 2.01. The van der Waals surface area contributed by atoms with E-state index in [0.29, 0.717) is 6.04 Å². The van der Waals surface area contributed by atoms with Gasteiger partial charge in [0.2, 0.25) is 0 Å². The highest BCUT2D eigenvalue weighted by atomic mass is 79.9. The van der Waals surface area contributed by atoms with Crippen LogP contribution in [0, 0.1) is 5.92 Å². The van der Waals surface area contributed by atoms with Crippen molar-refractivity contribution in [2.75, 3.05) is 18.1 Å². The van der Waals surface area contributed by atoms with Crippen molar-refractivity contribution < 1.29 is 0 Å². The molecule has 0 aliphatic heterocycles. The van der Waals surface area contributed by atoms with Crippen molar-refractivity contribution in [2.45, 2.75) is 26.8 Å². The molecule has 2 nitrogen and oxygen atoms in total. The highest BCUT2D eigenvalue weighted by Crippen LogP contribution is 2.23. The number of halogens is 1. The third-order valence-corrected chi connectivity index (χ3v) is 5.07. The van der Waals surface area contributed by atoms with E-state index in [9.17, 15) is 0 Å². The first-order valence-electron chi connectivity index (χ1n) is 5.52. The van der Waals surface area contributed by atoms with Gasteiger partial charge in [-0.15, -0.1) is 11.3 Å². The van der Waals surface area contributed by atoms with E-state index < -0.39 is 0 Å². The summed E-state index contributed by atoms with van der Waals surface area (Å²) in [6.07, 6.45) is 1.87. The molecule has 0 amide bonds. The fraction of sp³-hybridized carbons (Fsp3) is 0.727. The molecule has 16 heavy (non-hydrogen) atoms. The minimum absolute atomic E-state index is 0.357. The molecular formula is C11H19BrN2S2. The van der Waals surface area contributed by atoms with Gasteiger partial charge in [0.25, 0.3) is 0 Å². The molecule has 0 radical (unpaired) electrons. The number of hydrogen-bond donors (Lipinski definition) is 1. The van der Waals surface area contributed by atoms with Crippen LogP contribution < -0.4 is 5.32 Å². The average Bonchev–Trinajstić information content (AvgIpc) is 2.63. The molecule has 92 valence electrons. The van der Waals surface area contributed by atoms with Gasteiger partial charge in [0, 0.05) is 12.3 Å². The lowest BCUT2D eigenvalue weighted by Crippen LogP contribution is -2.21. The molecule has 1 heterocycles. The molecule has 1 aromatic heterocycles. The van der Waals surface area contributed by atoms with E-state index in [-0.39, 0.29) is 0 Å². The molecule has 0 aliphatic carbocycles. The quantitative estimate of drug-likeness (QED) is 0.769. The molecule has 0 bridgehead atoms. The fourth-order valence-electron chi connectivity index (χ4n) is 1.22. The van der Waals surface area contributed by atoms with Crippen LogP contribution in [-0.2, 0) is 0 Å². The second-order valence-electron chi connectivity index (χ2n) is 4.15. The molecule has 1 rings (SSSR count). The summed E-state index contributed by atoms with van der Waals surface area (Å²) in [4.78, 5) is 4.35. The maximum Gasteiger partial charge on any atom is 0.110 e. The predicted octanol–water partition coefficient (Wildman–Crippen LogP) is 3.95. The second-order valence-corrected chi connectivity index (χ2v) is 7.74. The zero-order valence-electron chi connectivity index (χ0n) is 10.00. The van der Waals surface area contributed by atoms with Gasteiger partial charge >= 0.3 is 0 Å². The van der Waals surface area contributed by atoms with E-state index in [2.05, 4.69) is 47.0 Å². The highest BCUT2D eigenvalue weighted by molar-refractivity contribution is 9.11. The second kappa shape index (κ2) is 7.69. The summed E-state index contributed by atoms with van der Waals surface area (Å²) in [5.41, 5.74) is 0. The number of aromatic nitrogens is 1. The molecule has 0 spiro atoms. The van der Waals surface area contributed by atoms with Crippen LogP contribution in [0.3, 0.4) is 0 Å². The van der Waals surface area contributed by atoms with Gasteiger partial charge in [-0.2, -0.15) is 11.8 Å². The number of rotatable bonds is 7. The lowest BCUT2D eigenvalue weighted by atomic mass is 10.3. The molecule has 0 aliphatic rings. The Hall–Kier alpha value is 0.420. The monoisotopic (exact) mass is 322 g/mol. The van der Waals surface area contributed by atoms with Gasteiger partial charge in [-0.25, -0.2) is 4.98 Å².